The Balaban J connectivity index is 1.55. The number of nitrogens with two attached hydrogens (primary N) is 1. The van der Waals surface area contributed by atoms with E-state index in [1.807, 2.05) is 30.3 Å². The van der Waals surface area contributed by atoms with Gasteiger partial charge < -0.3 is 20.5 Å². The van der Waals surface area contributed by atoms with Gasteiger partial charge in [0.1, 0.15) is 5.03 Å². The first-order valence-corrected chi connectivity index (χ1v) is 11.3. The van der Waals surface area contributed by atoms with Crippen LogP contribution in [0.4, 0.5) is 5.95 Å². The second-order valence-electron chi connectivity index (χ2n) is 7.15. The third kappa shape index (κ3) is 4.95. The fourth-order valence-corrected chi connectivity index (χ4v) is 4.68. The molecule has 10 heteroatoms. The summed E-state index contributed by atoms with van der Waals surface area (Å²) in [5.41, 5.74) is 9.60. The van der Waals surface area contributed by atoms with Crippen LogP contribution in [0.3, 0.4) is 0 Å². The quantitative estimate of drug-likeness (QED) is 0.233. The third-order valence-electron chi connectivity index (χ3n) is 4.85. The fraction of sp³-hybridized carbons (Fsp3) is 0.273. The summed E-state index contributed by atoms with van der Waals surface area (Å²) in [6.07, 6.45) is 0. The Bertz CT molecular complexity index is 1200. The number of nitrogens with one attached hydrogen (secondary N) is 1. The number of carbonyl (C=O) groups is 2. The lowest BCUT2D eigenvalue weighted by molar-refractivity contribution is -0.146. The van der Waals surface area contributed by atoms with Gasteiger partial charge in [-0.3, -0.25) is 9.59 Å². The van der Waals surface area contributed by atoms with Gasteiger partial charge in [0.05, 0.1) is 23.9 Å². The summed E-state index contributed by atoms with van der Waals surface area (Å²) in [5.74, 6) is -0.160. The normalized spacial score (nSPS) is 12.6. The molecule has 2 heterocycles. The third-order valence-corrected chi connectivity index (χ3v) is 6.06. The number of benzene rings is 2. The number of thioether (sulfide) groups is 1. The van der Waals surface area contributed by atoms with Crippen LogP contribution in [-0.4, -0.2) is 40.7 Å². The van der Waals surface area contributed by atoms with E-state index in [0.717, 1.165) is 27.5 Å². The number of rotatable bonds is 7. The van der Waals surface area contributed by atoms with Gasteiger partial charge in [0.15, 0.2) is 6.61 Å². The number of aromatic nitrogens is 2. The number of halogens is 1. The SMILES string of the molecule is CC(=O)OCC(=O)NCCSc1cc(-c2c(Cl)cc3c4c(cccc24)COC3)nc(N)n1. The second-order valence-corrected chi connectivity index (χ2v) is 8.68. The van der Waals surface area contributed by atoms with Crippen LogP contribution in [0.15, 0.2) is 35.4 Å². The average Bonchev–Trinajstić information content (AvgIpc) is 2.75. The van der Waals surface area contributed by atoms with E-state index in [0.29, 0.717) is 41.3 Å². The largest absolute Gasteiger partial charge is 0.456 e. The standard InChI is InChI=1S/C22H21ClN4O4S/c1-12(28)31-11-18(29)25-5-6-32-19-8-17(26-22(24)27-19)21-15-4-2-3-13-9-30-10-14(20(13)15)7-16(21)23/h2-4,7-8H,5-6,9-11H2,1H3,(H,25,29)(H2,24,26,27). The lowest BCUT2D eigenvalue weighted by Gasteiger charge is -2.20. The molecule has 1 aliphatic heterocycles. The van der Waals surface area contributed by atoms with Crippen molar-refractivity contribution in [2.75, 3.05) is 24.6 Å². The molecular weight excluding hydrogens is 452 g/mol. The number of carbonyl (C=O) groups excluding carboxylic acids is 2. The van der Waals surface area contributed by atoms with Crippen molar-refractivity contribution in [1.82, 2.24) is 15.3 Å². The highest BCUT2D eigenvalue weighted by atomic mass is 35.5. The number of amides is 1. The van der Waals surface area contributed by atoms with E-state index < -0.39 is 5.97 Å². The molecule has 0 atom stereocenters. The zero-order valence-corrected chi connectivity index (χ0v) is 18.9. The molecule has 0 fully saturated rings. The number of nitrogen functional groups attached to an aromatic ring is 1. The Hall–Kier alpha value is -2.88. The lowest BCUT2D eigenvalue weighted by atomic mass is 9.93. The first kappa shape index (κ1) is 22.3. The Morgan fingerprint density at radius 2 is 2.06 bits per heavy atom. The Kier molecular flexibility index (Phi) is 6.78. The van der Waals surface area contributed by atoms with Crippen LogP contribution in [0.1, 0.15) is 18.1 Å². The van der Waals surface area contributed by atoms with Gasteiger partial charge >= 0.3 is 5.97 Å². The van der Waals surface area contributed by atoms with Crippen LogP contribution in [0, 0.1) is 0 Å². The van der Waals surface area contributed by atoms with Crippen molar-refractivity contribution < 1.29 is 19.1 Å². The molecule has 0 radical (unpaired) electrons. The van der Waals surface area contributed by atoms with Crippen molar-refractivity contribution in [3.05, 3.63) is 46.5 Å². The van der Waals surface area contributed by atoms with E-state index in [9.17, 15) is 9.59 Å². The molecule has 1 aromatic heterocycles. The lowest BCUT2D eigenvalue weighted by Crippen LogP contribution is -2.30. The van der Waals surface area contributed by atoms with E-state index in [4.69, 9.17) is 22.1 Å². The first-order valence-electron chi connectivity index (χ1n) is 9.91. The second kappa shape index (κ2) is 9.72. The van der Waals surface area contributed by atoms with Crippen molar-refractivity contribution >= 4 is 52.0 Å². The zero-order valence-electron chi connectivity index (χ0n) is 17.3. The molecular formula is C22H21ClN4O4S. The number of esters is 1. The molecule has 0 saturated heterocycles. The zero-order chi connectivity index (χ0) is 22.7. The molecule has 0 unspecified atom stereocenters. The molecule has 1 aliphatic rings. The maximum Gasteiger partial charge on any atom is 0.303 e. The van der Waals surface area contributed by atoms with Gasteiger partial charge in [0, 0.05) is 24.8 Å². The van der Waals surface area contributed by atoms with Gasteiger partial charge in [-0.05, 0) is 34.0 Å². The first-order chi connectivity index (χ1) is 15.4. The van der Waals surface area contributed by atoms with Gasteiger partial charge in [0.25, 0.3) is 5.91 Å². The highest BCUT2D eigenvalue weighted by Crippen LogP contribution is 2.40. The predicted molar refractivity (Wildman–Crippen MR) is 123 cm³/mol. The number of hydrogen-bond acceptors (Lipinski definition) is 8. The molecule has 2 aromatic carbocycles. The fourth-order valence-electron chi connectivity index (χ4n) is 3.59. The van der Waals surface area contributed by atoms with E-state index in [-0.39, 0.29) is 18.5 Å². The Morgan fingerprint density at radius 3 is 2.88 bits per heavy atom. The number of anilines is 1. The highest BCUT2D eigenvalue weighted by Gasteiger charge is 2.20. The van der Waals surface area contributed by atoms with Crippen LogP contribution in [0.2, 0.25) is 5.02 Å². The maximum atomic E-state index is 11.6. The Morgan fingerprint density at radius 1 is 1.25 bits per heavy atom. The molecule has 0 aliphatic carbocycles. The van der Waals surface area contributed by atoms with Gasteiger partial charge in [-0.2, -0.15) is 0 Å². The molecule has 0 saturated carbocycles. The van der Waals surface area contributed by atoms with Gasteiger partial charge in [0.2, 0.25) is 5.95 Å². The van der Waals surface area contributed by atoms with Crippen LogP contribution in [-0.2, 0) is 32.3 Å². The molecule has 8 nitrogen and oxygen atoms in total. The van der Waals surface area contributed by atoms with Crippen molar-refractivity contribution in [2.45, 2.75) is 25.2 Å². The van der Waals surface area contributed by atoms with Crippen molar-refractivity contribution in [2.24, 2.45) is 0 Å². The smallest absolute Gasteiger partial charge is 0.303 e. The average molecular weight is 473 g/mol. The topological polar surface area (TPSA) is 116 Å². The minimum atomic E-state index is -0.497. The summed E-state index contributed by atoms with van der Waals surface area (Å²) >= 11 is 8.10. The summed E-state index contributed by atoms with van der Waals surface area (Å²) in [6.45, 7) is 2.42. The van der Waals surface area contributed by atoms with Gasteiger partial charge in [-0.15, -0.1) is 11.8 Å². The highest BCUT2D eigenvalue weighted by molar-refractivity contribution is 7.99. The van der Waals surface area contributed by atoms with E-state index in [2.05, 4.69) is 20.0 Å². The van der Waals surface area contributed by atoms with E-state index in [1.54, 1.807) is 0 Å². The van der Waals surface area contributed by atoms with Crippen LogP contribution < -0.4 is 11.1 Å². The van der Waals surface area contributed by atoms with Crippen LogP contribution in [0.25, 0.3) is 22.0 Å². The van der Waals surface area contributed by atoms with E-state index in [1.165, 1.54) is 18.7 Å². The molecule has 0 spiro atoms. The molecule has 3 N–H and O–H groups in total. The molecule has 3 aromatic rings. The molecule has 0 bridgehead atoms. The maximum absolute atomic E-state index is 11.6. The monoisotopic (exact) mass is 472 g/mol. The molecule has 166 valence electrons. The predicted octanol–water partition coefficient (Wildman–Crippen LogP) is 3.33. The summed E-state index contributed by atoms with van der Waals surface area (Å²) in [4.78, 5) is 31.1. The summed E-state index contributed by atoms with van der Waals surface area (Å²) in [6, 6.07) is 9.82. The van der Waals surface area contributed by atoms with Crippen molar-refractivity contribution in [3.8, 4) is 11.3 Å². The summed E-state index contributed by atoms with van der Waals surface area (Å²) in [5, 5.41) is 6.06. The minimum Gasteiger partial charge on any atom is -0.456 e. The molecule has 32 heavy (non-hydrogen) atoms. The van der Waals surface area contributed by atoms with E-state index >= 15 is 0 Å². The van der Waals surface area contributed by atoms with Crippen molar-refractivity contribution in [3.63, 3.8) is 0 Å². The minimum absolute atomic E-state index is 0.142. The van der Waals surface area contributed by atoms with Crippen LogP contribution in [0.5, 0.6) is 0 Å². The molecule has 1 amide bonds. The number of nitrogens with zero attached hydrogens (tertiary/aromatic N) is 2. The summed E-state index contributed by atoms with van der Waals surface area (Å²) < 4.78 is 10.3. The van der Waals surface area contributed by atoms with Crippen molar-refractivity contribution in [1.29, 1.82) is 0 Å². The van der Waals surface area contributed by atoms with Crippen LogP contribution >= 0.6 is 23.4 Å². The van der Waals surface area contributed by atoms with Gasteiger partial charge in [-0.25, -0.2) is 9.97 Å². The number of hydrogen-bond donors (Lipinski definition) is 2. The summed E-state index contributed by atoms with van der Waals surface area (Å²) in [7, 11) is 0. The molecule has 4 rings (SSSR count). The van der Waals surface area contributed by atoms with Gasteiger partial charge in [-0.1, -0.05) is 29.8 Å². The Labute approximate surface area is 193 Å². The number of ether oxygens (including phenoxy) is 2.